The van der Waals surface area contributed by atoms with Crippen molar-refractivity contribution in [3.63, 3.8) is 0 Å². The van der Waals surface area contributed by atoms with Gasteiger partial charge >= 0.3 is 0 Å². The standard InChI is InChI=1S/C18H17ClFN5O/c1-12-23-16(11-17(24-12)25-8-2-3-9-25)21-6-7-22-18(26)14-5-4-13(20)10-15(14)19/h2-5,8-11H,6-7H2,1H3,(H,22,26)(H,21,23,24). The highest BCUT2D eigenvalue weighted by Gasteiger charge is 2.10. The van der Waals surface area contributed by atoms with Crippen molar-refractivity contribution in [2.45, 2.75) is 6.92 Å². The van der Waals surface area contributed by atoms with E-state index in [-0.39, 0.29) is 16.5 Å². The number of rotatable bonds is 6. The number of hydrogen-bond donors (Lipinski definition) is 2. The van der Waals surface area contributed by atoms with Gasteiger partial charge in [-0.05, 0) is 37.3 Å². The molecule has 0 unspecified atom stereocenters. The molecule has 0 fully saturated rings. The molecule has 6 nitrogen and oxygen atoms in total. The lowest BCUT2D eigenvalue weighted by Gasteiger charge is -2.10. The van der Waals surface area contributed by atoms with Gasteiger partial charge in [0, 0.05) is 31.5 Å². The maximum Gasteiger partial charge on any atom is 0.252 e. The van der Waals surface area contributed by atoms with Crippen molar-refractivity contribution < 1.29 is 9.18 Å². The van der Waals surface area contributed by atoms with Gasteiger partial charge in [0.15, 0.2) is 0 Å². The van der Waals surface area contributed by atoms with Crippen molar-refractivity contribution in [1.29, 1.82) is 0 Å². The Labute approximate surface area is 155 Å². The fourth-order valence-corrected chi connectivity index (χ4v) is 2.65. The molecular weight excluding hydrogens is 357 g/mol. The Morgan fingerprint density at radius 1 is 1.19 bits per heavy atom. The van der Waals surface area contributed by atoms with Crippen LogP contribution in [0.25, 0.3) is 5.82 Å². The van der Waals surface area contributed by atoms with Crippen LogP contribution in [-0.2, 0) is 0 Å². The molecule has 0 spiro atoms. The Bertz CT molecular complexity index is 914. The normalized spacial score (nSPS) is 10.6. The van der Waals surface area contributed by atoms with Gasteiger partial charge in [0.05, 0.1) is 10.6 Å². The number of nitrogens with zero attached hydrogens (tertiary/aromatic N) is 3. The highest BCUT2D eigenvalue weighted by atomic mass is 35.5. The molecule has 0 aliphatic heterocycles. The zero-order chi connectivity index (χ0) is 18.5. The first-order chi connectivity index (χ1) is 12.5. The van der Waals surface area contributed by atoms with Gasteiger partial charge in [-0.3, -0.25) is 4.79 Å². The van der Waals surface area contributed by atoms with Gasteiger partial charge in [-0.15, -0.1) is 0 Å². The van der Waals surface area contributed by atoms with Crippen LogP contribution in [0.3, 0.4) is 0 Å². The van der Waals surface area contributed by atoms with E-state index >= 15 is 0 Å². The Morgan fingerprint density at radius 3 is 2.69 bits per heavy atom. The Kier molecular flexibility index (Phi) is 5.48. The van der Waals surface area contributed by atoms with Crippen molar-refractivity contribution in [1.82, 2.24) is 19.9 Å². The Morgan fingerprint density at radius 2 is 1.96 bits per heavy atom. The van der Waals surface area contributed by atoms with E-state index in [1.165, 1.54) is 12.1 Å². The largest absolute Gasteiger partial charge is 0.368 e. The predicted octanol–water partition coefficient (Wildman–Crippen LogP) is 3.21. The zero-order valence-corrected chi connectivity index (χ0v) is 14.8. The lowest BCUT2D eigenvalue weighted by molar-refractivity contribution is 0.0955. The molecule has 0 atom stereocenters. The summed E-state index contributed by atoms with van der Waals surface area (Å²) in [6, 6.07) is 9.33. The second-order valence-electron chi connectivity index (χ2n) is 5.56. The summed E-state index contributed by atoms with van der Waals surface area (Å²) in [5.74, 6) is 1.22. The molecule has 1 aromatic carbocycles. The molecule has 0 bridgehead atoms. The summed E-state index contributed by atoms with van der Waals surface area (Å²) in [5.41, 5.74) is 0.237. The van der Waals surface area contributed by atoms with E-state index in [4.69, 9.17) is 11.6 Å². The molecule has 8 heteroatoms. The molecule has 0 radical (unpaired) electrons. The average Bonchev–Trinajstić information content (AvgIpc) is 3.13. The summed E-state index contributed by atoms with van der Waals surface area (Å²) in [4.78, 5) is 20.8. The molecule has 26 heavy (non-hydrogen) atoms. The first-order valence-corrected chi connectivity index (χ1v) is 8.37. The van der Waals surface area contributed by atoms with Crippen LogP contribution in [0.5, 0.6) is 0 Å². The van der Waals surface area contributed by atoms with E-state index in [0.717, 1.165) is 11.9 Å². The Hall–Kier alpha value is -2.93. The number of anilines is 1. The van der Waals surface area contributed by atoms with Crippen molar-refractivity contribution in [2.75, 3.05) is 18.4 Å². The number of carbonyl (C=O) groups excluding carboxylic acids is 1. The molecule has 0 aliphatic rings. The molecule has 134 valence electrons. The number of aryl methyl sites for hydroxylation is 1. The van der Waals surface area contributed by atoms with E-state index in [1.807, 2.05) is 42.1 Å². The van der Waals surface area contributed by atoms with Crippen molar-refractivity contribution in [2.24, 2.45) is 0 Å². The molecule has 0 saturated heterocycles. The maximum atomic E-state index is 13.0. The molecular formula is C18H17ClFN5O. The monoisotopic (exact) mass is 373 g/mol. The van der Waals surface area contributed by atoms with Crippen molar-refractivity contribution in [3.8, 4) is 5.82 Å². The molecule has 2 N–H and O–H groups in total. The fraction of sp³-hybridized carbons (Fsp3) is 0.167. The van der Waals surface area contributed by atoms with Crippen LogP contribution in [0, 0.1) is 12.7 Å². The summed E-state index contributed by atoms with van der Waals surface area (Å²) >= 11 is 5.88. The van der Waals surface area contributed by atoms with Crippen LogP contribution >= 0.6 is 11.6 Å². The van der Waals surface area contributed by atoms with Gasteiger partial charge < -0.3 is 15.2 Å². The third kappa shape index (κ3) is 4.37. The van der Waals surface area contributed by atoms with Gasteiger partial charge in [0.1, 0.15) is 23.3 Å². The molecule has 3 rings (SSSR count). The van der Waals surface area contributed by atoms with Gasteiger partial charge in [0.2, 0.25) is 0 Å². The van der Waals surface area contributed by atoms with Crippen molar-refractivity contribution in [3.05, 3.63) is 71.0 Å². The minimum atomic E-state index is -0.481. The number of amides is 1. The number of aromatic nitrogens is 3. The average molecular weight is 374 g/mol. The van der Waals surface area contributed by atoms with Crippen LogP contribution in [0.15, 0.2) is 48.8 Å². The third-order valence-corrected chi connectivity index (χ3v) is 3.90. The lowest BCUT2D eigenvalue weighted by Crippen LogP contribution is -2.29. The van der Waals surface area contributed by atoms with E-state index < -0.39 is 5.82 Å². The molecule has 2 heterocycles. The zero-order valence-electron chi connectivity index (χ0n) is 14.0. The molecule has 3 aromatic rings. The SMILES string of the molecule is Cc1nc(NCCNC(=O)c2ccc(F)cc2Cl)cc(-n2cccc2)n1. The van der Waals surface area contributed by atoms with E-state index in [0.29, 0.717) is 24.7 Å². The summed E-state index contributed by atoms with van der Waals surface area (Å²) in [6.07, 6.45) is 3.80. The highest BCUT2D eigenvalue weighted by Crippen LogP contribution is 2.17. The molecule has 0 saturated carbocycles. The minimum absolute atomic E-state index is 0.0817. The summed E-state index contributed by atoms with van der Waals surface area (Å²) in [6.45, 7) is 2.64. The lowest BCUT2D eigenvalue weighted by atomic mass is 10.2. The minimum Gasteiger partial charge on any atom is -0.368 e. The quantitative estimate of drug-likeness (QED) is 0.651. The van der Waals surface area contributed by atoms with Gasteiger partial charge in [-0.2, -0.15) is 0 Å². The predicted molar refractivity (Wildman–Crippen MR) is 98.3 cm³/mol. The summed E-state index contributed by atoms with van der Waals surface area (Å²) < 4.78 is 14.9. The first kappa shape index (κ1) is 17.9. The number of carbonyl (C=O) groups is 1. The maximum absolute atomic E-state index is 13.0. The Balaban J connectivity index is 1.56. The van der Waals surface area contributed by atoms with Crippen LogP contribution < -0.4 is 10.6 Å². The van der Waals surface area contributed by atoms with Gasteiger partial charge in [-0.25, -0.2) is 14.4 Å². The van der Waals surface area contributed by atoms with Gasteiger partial charge in [-0.1, -0.05) is 11.6 Å². The number of hydrogen-bond acceptors (Lipinski definition) is 4. The topological polar surface area (TPSA) is 71.8 Å². The van der Waals surface area contributed by atoms with Crippen molar-refractivity contribution >= 4 is 23.3 Å². The van der Waals surface area contributed by atoms with E-state index in [1.54, 1.807) is 0 Å². The molecule has 1 amide bonds. The van der Waals surface area contributed by atoms with E-state index in [9.17, 15) is 9.18 Å². The molecule has 2 aromatic heterocycles. The second kappa shape index (κ2) is 7.97. The number of halogens is 2. The van der Waals surface area contributed by atoms with Crippen LogP contribution in [0.2, 0.25) is 5.02 Å². The number of benzene rings is 1. The number of nitrogens with one attached hydrogen (secondary N) is 2. The fourth-order valence-electron chi connectivity index (χ4n) is 2.40. The van der Waals surface area contributed by atoms with E-state index in [2.05, 4.69) is 20.6 Å². The first-order valence-electron chi connectivity index (χ1n) is 7.99. The smallest absolute Gasteiger partial charge is 0.252 e. The molecule has 0 aliphatic carbocycles. The highest BCUT2D eigenvalue weighted by molar-refractivity contribution is 6.33. The third-order valence-electron chi connectivity index (χ3n) is 3.59. The summed E-state index contributed by atoms with van der Waals surface area (Å²) in [7, 11) is 0. The second-order valence-corrected chi connectivity index (χ2v) is 5.96. The van der Waals surface area contributed by atoms with Crippen LogP contribution in [0.1, 0.15) is 16.2 Å². The van der Waals surface area contributed by atoms with Gasteiger partial charge in [0.25, 0.3) is 5.91 Å². The van der Waals surface area contributed by atoms with Crippen LogP contribution in [0.4, 0.5) is 10.2 Å². The van der Waals surface area contributed by atoms with Crippen LogP contribution in [-0.4, -0.2) is 33.5 Å². The summed E-state index contributed by atoms with van der Waals surface area (Å²) in [5, 5.41) is 5.96.